The molecule has 3 rings (SSSR count). The van der Waals surface area contributed by atoms with Crippen LogP contribution >= 0.6 is 11.3 Å². The number of nitrogens with one attached hydrogen (secondary N) is 1. The monoisotopic (exact) mass is 259 g/mol. The van der Waals surface area contributed by atoms with Crippen molar-refractivity contribution in [3.05, 3.63) is 58.3 Å². The van der Waals surface area contributed by atoms with Crippen LogP contribution in [0.5, 0.6) is 0 Å². The van der Waals surface area contributed by atoms with Crippen LogP contribution in [0.3, 0.4) is 0 Å². The highest BCUT2D eigenvalue weighted by Crippen LogP contribution is 2.27. The van der Waals surface area contributed by atoms with E-state index in [1.54, 1.807) is 11.3 Å². The number of hydrogen-bond donors (Lipinski definition) is 1. The molecule has 0 spiro atoms. The summed E-state index contributed by atoms with van der Waals surface area (Å²) < 4.78 is 5.45. The van der Waals surface area contributed by atoms with E-state index in [9.17, 15) is 0 Å². The molecule has 1 aliphatic rings. The van der Waals surface area contributed by atoms with E-state index in [1.807, 2.05) is 0 Å². The zero-order valence-corrected chi connectivity index (χ0v) is 11.0. The summed E-state index contributed by atoms with van der Waals surface area (Å²) in [5.41, 5.74) is 1.33. The molecule has 2 nitrogen and oxygen atoms in total. The Hall–Kier alpha value is -1.16. The van der Waals surface area contributed by atoms with Crippen LogP contribution in [0.4, 0.5) is 0 Å². The van der Waals surface area contributed by atoms with E-state index in [0.717, 1.165) is 19.6 Å². The van der Waals surface area contributed by atoms with Crippen molar-refractivity contribution in [3.63, 3.8) is 0 Å². The number of rotatable bonds is 4. The van der Waals surface area contributed by atoms with E-state index in [1.165, 1.54) is 10.4 Å². The molecule has 1 aromatic carbocycles. The van der Waals surface area contributed by atoms with Crippen molar-refractivity contribution in [1.82, 2.24) is 5.32 Å². The minimum atomic E-state index is 0.290. The van der Waals surface area contributed by atoms with Gasteiger partial charge in [-0.2, -0.15) is 0 Å². The van der Waals surface area contributed by atoms with Crippen LogP contribution in [0, 0.1) is 0 Å². The number of thiophene rings is 1. The van der Waals surface area contributed by atoms with E-state index in [4.69, 9.17) is 4.74 Å². The topological polar surface area (TPSA) is 21.3 Å². The Morgan fingerprint density at radius 3 is 2.72 bits per heavy atom. The largest absolute Gasteiger partial charge is 0.380 e. The van der Waals surface area contributed by atoms with Gasteiger partial charge >= 0.3 is 0 Å². The smallest absolute Gasteiger partial charge is 0.0673 e. The van der Waals surface area contributed by atoms with Crippen molar-refractivity contribution in [2.45, 2.75) is 18.5 Å². The van der Waals surface area contributed by atoms with Crippen molar-refractivity contribution in [1.29, 1.82) is 0 Å². The molecule has 0 saturated carbocycles. The lowest BCUT2D eigenvalue weighted by atomic mass is 10.0. The highest BCUT2D eigenvalue weighted by molar-refractivity contribution is 7.10. The Kier molecular flexibility index (Phi) is 3.74. The standard InChI is InChI=1S/C15H17NOS/c1-2-5-12(6-3-1)15(14-7-4-10-18-14)16-13-8-9-17-11-13/h1-7,10,13,15-16H,8-9,11H2. The third-order valence-corrected chi connectivity index (χ3v) is 4.23. The molecule has 2 unspecified atom stereocenters. The fraction of sp³-hybridized carbons (Fsp3) is 0.333. The summed E-state index contributed by atoms with van der Waals surface area (Å²) in [7, 11) is 0. The number of ether oxygens (including phenoxy) is 1. The van der Waals surface area contributed by atoms with Crippen LogP contribution in [0.1, 0.15) is 22.9 Å². The van der Waals surface area contributed by atoms with Gasteiger partial charge in [-0.05, 0) is 23.4 Å². The minimum absolute atomic E-state index is 0.290. The van der Waals surface area contributed by atoms with Gasteiger partial charge in [0.05, 0.1) is 12.6 Å². The van der Waals surface area contributed by atoms with E-state index in [2.05, 4.69) is 53.2 Å². The van der Waals surface area contributed by atoms with E-state index < -0.39 is 0 Å². The molecule has 1 fully saturated rings. The molecule has 1 aliphatic heterocycles. The maximum Gasteiger partial charge on any atom is 0.0673 e. The maximum atomic E-state index is 5.45. The first-order valence-electron chi connectivity index (χ1n) is 6.35. The molecule has 3 heteroatoms. The molecule has 0 bridgehead atoms. The molecule has 1 saturated heterocycles. The summed E-state index contributed by atoms with van der Waals surface area (Å²) in [6, 6.07) is 15.7. The summed E-state index contributed by atoms with van der Waals surface area (Å²) in [5.74, 6) is 0. The predicted octanol–water partition coefficient (Wildman–Crippen LogP) is 3.22. The number of benzene rings is 1. The summed E-state index contributed by atoms with van der Waals surface area (Å²) in [5, 5.41) is 5.86. The van der Waals surface area contributed by atoms with Gasteiger partial charge in [0.25, 0.3) is 0 Å². The quantitative estimate of drug-likeness (QED) is 0.910. The summed E-state index contributed by atoms with van der Waals surface area (Å²) >= 11 is 1.81. The molecule has 2 atom stereocenters. The van der Waals surface area contributed by atoms with Crippen molar-refractivity contribution in [2.75, 3.05) is 13.2 Å². The van der Waals surface area contributed by atoms with E-state index in [0.29, 0.717) is 6.04 Å². The molecule has 0 amide bonds. The first-order valence-corrected chi connectivity index (χ1v) is 7.23. The molecule has 1 aromatic heterocycles. The second-order valence-corrected chi connectivity index (χ2v) is 5.57. The highest BCUT2D eigenvalue weighted by atomic mass is 32.1. The van der Waals surface area contributed by atoms with E-state index >= 15 is 0 Å². The highest BCUT2D eigenvalue weighted by Gasteiger charge is 2.22. The van der Waals surface area contributed by atoms with Gasteiger partial charge in [-0.3, -0.25) is 0 Å². The summed E-state index contributed by atoms with van der Waals surface area (Å²) in [6.07, 6.45) is 1.11. The predicted molar refractivity (Wildman–Crippen MR) is 75.0 cm³/mol. The third-order valence-electron chi connectivity index (χ3n) is 3.29. The average Bonchev–Trinajstić information content (AvgIpc) is 3.10. The zero-order valence-electron chi connectivity index (χ0n) is 10.2. The normalized spacial score (nSPS) is 21.0. The maximum absolute atomic E-state index is 5.45. The lowest BCUT2D eigenvalue weighted by molar-refractivity contribution is 0.189. The van der Waals surface area contributed by atoms with Crippen LogP contribution in [0.25, 0.3) is 0 Å². The SMILES string of the molecule is c1ccc(C(NC2CCOC2)c2cccs2)cc1. The van der Waals surface area contributed by atoms with Gasteiger partial charge in [0.2, 0.25) is 0 Å². The lowest BCUT2D eigenvalue weighted by Gasteiger charge is -2.21. The van der Waals surface area contributed by atoms with Crippen LogP contribution in [-0.4, -0.2) is 19.3 Å². The third kappa shape index (κ3) is 2.64. The van der Waals surface area contributed by atoms with Crippen molar-refractivity contribution in [3.8, 4) is 0 Å². The van der Waals surface area contributed by atoms with Gasteiger partial charge in [-0.1, -0.05) is 36.4 Å². The summed E-state index contributed by atoms with van der Waals surface area (Å²) in [4.78, 5) is 1.37. The fourth-order valence-electron chi connectivity index (χ4n) is 2.35. The Morgan fingerprint density at radius 1 is 1.17 bits per heavy atom. The second-order valence-electron chi connectivity index (χ2n) is 4.59. The minimum Gasteiger partial charge on any atom is -0.380 e. The van der Waals surface area contributed by atoms with Gasteiger partial charge in [0, 0.05) is 17.5 Å². The van der Waals surface area contributed by atoms with Crippen LogP contribution < -0.4 is 5.32 Å². The van der Waals surface area contributed by atoms with Gasteiger partial charge in [0.15, 0.2) is 0 Å². The van der Waals surface area contributed by atoms with Crippen LogP contribution in [0.15, 0.2) is 47.8 Å². The lowest BCUT2D eigenvalue weighted by Crippen LogP contribution is -2.33. The van der Waals surface area contributed by atoms with Gasteiger partial charge in [0.1, 0.15) is 0 Å². The van der Waals surface area contributed by atoms with Gasteiger partial charge < -0.3 is 10.1 Å². The van der Waals surface area contributed by atoms with E-state index in [-0.39, 0.29) is 6.04 Å². The zero-order chi connectivity index (χ0) is 12.2. The molecule has 1 N–H and O–H groups in total. The molecule has 0 radical (unpaired) electrons. The molecule has 0 aliphatic carbocycles. The second kappa shape index (κ2) is 5.65. The Morgan fingerprint density at radius 2 is 2.06 bits per heavy atom. The first-order chi connectivity index (χ1) is 8.93. The molecule has 2 aromatic rings. The molecule has 94 valence electrons. The van der Waals surface area contributed by atoms with Gasteiger partial charge in [-0.15, -0.1) is 11.3 Å². The van der Waals surface area contributed by atoms with Crippen molar-refractivity contribution >= 4 is 11.3 Å². The van der Waals surface area contributed by atoms with Crippen LogP contribution in [-0.2, 0) is 4.74 Å². The van der Waals surface area contributed by atoms with Crippen molar-refractivity contribution < 1.29 is 4.74 Å². The summed E-state index contributed by atoms with van der Waals surface area (Å²) in [6.45, 7) is 1.71. The Labute approximate surface area is 112 Å². The first kappa shape index (κ1) is 11.9. The number of hydrogen-bond acceptors (Lipinski definition) is 3. The molecule has 18 heavy (non-hydrogen) atoms. The molecule has 2 heterocycles. The fourth-order valence-corrected chi connectivity index (χ4v) is 3.16. The van der Waals surface area contributed by atoms with Crippen LogP contribution in [0.2, 0.25) is 0 Å². The molecular formula is C15H17NOS. The molecular weight excluding hydrogens is 242 g/mol. The average molecular weight is 259 g/mol. The van der Waals surface area contributed by atoms with Crippen molar-refractivity contribution in [2.24, 2.45) is 0 Å². The van der Waals surface area contributed by atoms with Gasteiger partial charge in [-0.25, -0.2) is 0 Å². The Balaban J connectivity index is 1.84. The Bertz CT molecular complexity index is 463.